The molecule has 0 aliphatic heterocycles. The van der Waals surface area contributed by atoms with E-state index in [1.54, 1.807) is 35.3 Å². The predicted molar refractivity (Wildman–Crippen MR) is 99.6 cm³/mol. The van der Waals surface area contributed by atoms with Gasteiger partial charge in [-0.15, -0.1) is 0 Å². The van der Waals surface area contributed by atoms with Crippen molar-refractivity contribution in [2.24, 2.45) is 0 Å². The highest BCUT2D eigenvalue weighted by Gasteiger charge is 2.16. The number of benzene rings is 1. The van der Waals surface area contributed by atoms with Crippen LogP contribution >= 0.6 is 27.5 Å². The smallest absolute Gasteiger partial charge is 0.276 e. The van der Waals surface area contributed by atoms with Gasteiger partial charge in [-0.25, -0.2) is 9.67 Å². The van der Waals surface area contributed by atoms with Gasteiger partial charge in [0.05, 0.1) is 33.7 Å². The Morgan fingerprint density at radius 3 is 2.84 bits per heavy atom. The van der Waals surface area contributed by atoms with Gasteiger partial charge in [0, 0.05) is 12.3 Å². The second-order valence-electron chi connectivity index (χ2n) is 4.99. The number of carbonyl (C=O) groups is 1. The van der Waals surface area contributed by atoms with Crippen LogP contribution in [-0.4, -0.2) is 27.3 Å². The lowest BCUT2D eigenvalue weighted by atomic mass is 10.2. The zero-order valence-electron chi connectivity index (χ0n) is 13.2. The number of amides is 1. The molecule has 8 heteroatoms. The van der Waals surface area contributed by atoms with Crippen molar-refractivity contribution < 1.29 is 9.53 Å². The third kappa shape index (κ3) is 4.00. The van der Waals surface area contributed by atoms with Crippen LogP contribution in [0, 0.1) is 0 Å². The van der Waals surface area contributed by atoms with Crippen LogP contribution in [0.4, 0.5) is 5.69 Å². The molecular weight excluding hydrogens is 408 g/mol. The van der Waals surface area contributed by atoms with Crippen LogP contribution in [0.2, 0.25) is 5.02 Å². The quantitative estimate of drug-likeness (QED) is 0.665. The Morgan fingerprint density at radius 1 is 1.32 bits per heavy atom. The Kier molecular flexibility index (Phi) is 5.35. The number of aromatic nitrogens is 3. The van der Waals surface area contributed by atoms with Crippen molar-refractivity contribution in [1.29, 1.82) is 0 Å². The fourth-order valence-corrected chi connectivity index (χ4v) is 2.68. The van der Waals surface area contributed by atoms with E-state index in [0.717, 1.165) is 10.2 Å². The summed E-state index contributed by atoms with van der Waals surface area (Å²) in [4.78, 5) is 16.8. The van der Waals surface area contributed by atoms with E-state index in [9.17, 15) is 4.79 Å². The van der Waals surface area contributed by atoms with Crippen molar-refractivity contribution in [1.82, 2.24) is 14.8 Å². The summed E-state index contributed by atoms with van der Waals surface area (Å²) in [6, 6.07) is 10.5. The van der Waals surface area contributed by atoms with Crippen LogP contribution < -0.4 is 10.1 Å². The predicted octanol–water partition coefficient (Wildman–Crippen LogP) is 4.33. The lowest BCUT2D eigenvalue weighted by molar-refractivity contribution is 0.102. The molecule has 0 aliphatic rings. The van der Waals surface area contributed by atoms with Crippen LogP contribution in [0.5, 0.6) is 5.88 Å². The maximum atomic E-state index is 12.6. The van der Waals surface area contributed by atoms with Gasteiger partial charge in [-0.2, -0.15) is 5.10 Å². The van der Waals surface area contributed by atoms with Gasteiger partial charge in [0.1, 0.15) is 0 Å². The lowest BCUT2D eigenvalue weighted by Crippen LogP contribution is -2.16. The molecule has 0 unspecified atom stereocenters. The molecule has 3 rings (SSSR count). The van der Waals surface area contributed by atoms with E-state index in [4.69, 9.17) is 16.3 Å². The second kappa shape index (κ2) is 7.67. The molecule has 0 spiro atoms. The number of ether oxygens (including phenoxy) is 1. The van der Waals surface area contributed by atoms with Gasteiger partial charge >= 0.3 is 0 Å². The van der Waals surface area contributed by atoms with E-state index in [-0.39, 0.29) is 10.7 Å². The number of hydrogen-bond donors (Lipinski definition) is 1. The van der Waals surface area contributed by atoms with Crippen molar-refractivity contribution in [3.05, 3.63) is 64.0 Å². The van der Waals surface area contributed by atoms with Crippen LogP contribution in [0.25, 0.3) is 5.69 Å². The number of pyridine rings is 1. The van der Waals surface area contributed by atoms with E-state index < -0.39 is 5.91 Å². The molecular formula is C17H14BrClN4O2. The minimum atomic E-state index is -0.426. The summed E-state index contributed by atoms with van der Waals surface area (Å²) in [5.74, 6) is -0.0773. The average Bonchev–Trinajstić information content (AvgIpc) is 3.03. The number of anilines is 1. The second-order valence-corrected chi connectivity index (χ2v) is 6.31. The maximum Gasteiger partial charge on any atom is 0.276 e. The summed E-state index contributed by atoms with van der Waals surface area (Å²) in [7, 11) is 0. The highest BCUT2D eigenvalue weighted by molar-refractivity contribution is 9.10. The first-order valence-electron chi connectivity index (χ1n) is 7.48. The fourth-order valence-electron chi connectivity index (χ4n) is 2.20. The standard InChI is InChI=1S/C17H14BrClN4O2/c1-2-25-15-8-7-12(19)16(22-15)17(24)21-13-5-3-4-6-14(13)23-10-11(18)9-20-23/h3-10H,2H2,1H3,(H,21,24). The average molecular weight is 422 g/mol. The summed E-state index contributed by atoms with van der Waals surface area (Å²) < 4.78 is 7.82. The number of nitrogens with zero attached hydrogens (tertiary/aromatic N) is 3. The molecule has 6 nitrogen and oxygen atoms in total. The molecule has 2 heterocycles. The van der Waals surface area contributed by atoms with Gasteiger partial charge in [0.2, 0.25) is 5.88 Å². The molecule has 0 saturated heterocycles. The Labute approximate surface area is 157 Å². The molecule has 0 bridgehead atoms. The normalized spacial score (nSPS) is 10.5. The molecule has 1 amide bonds. The van der Waals surface area contributed by atoms with Gasteiger partial charge < -0.3 is 10.1 Å². The van der Waals surface area contributed by atoms with E-state index in [1.165, 1.54) is 0 Å². The third-order valence-corrected chi connectivity index (χ3v) is 3.99. The first-order chi connectivity index (χ1) is 12.1. The fraction of sp³-hybridized carbons (Fsp3) is 0.118. The van der Waals surface area contributed by atoms with Gasteiger partial charge in [0.25, 0.3) is 5.91 Å². The van der Waals surface area contributed by atoms with E-state index in [0.29, 0.717) is 18.2 Å². The van der Waals surface area contributed by atoms with Gasteiger partial charge in [-0.1, -0.05) is 23.7 Å². The summed E-state index contributed by atoms with van der Waals surface area (Å²) in [5, 5.41) is 7.32. The van der Waals surface area contributed by atoms with Crippen molar-refractivity contribution in [2.45, 2.75) is 6.92 Å². The minimum absolute atomic E-state index is 0.101. The largest absolute Gasteiger partial charge is 0.478 e. The SMILES string of the molecule is CCOc1ccc(Cl)c(C(=O)Nc2ccccc2-n2cc(Br)cn2)n1. The molecule has 1 aromatic carbocycles. The molecule has 128 valence electrons. The lowest BCUT2D eigenvalue weighted by Gasteiger charge is -2.12. The summed E-state index contributed by atoms with van der Waals surface area (Å²) >= 11 is 9.48. The van der Waals surface area contributed by atoms with Crippen LogP contribution in [0.1, 0.15) is 17.4 Å². The maximum absolute atomic E-state index is 12.6. The number of rotatable bonds is 5. The molecule has 25 heavy (non-hydrogen) atoms. The van der Waals surface area contributed by atoms with Gasteiger partial charge in [-0.05, 0) is 41.1 Å². The monoisotopic (exact) mass is 420 g/mol. The minimum Gasteiger partial charge on any atom is -0.478 e. The van der Waals surface area contributed by atoms with Crippen molar-refractivity contribution in [2.75, 3.05) is 11.9 Å². The van der Waals surface area contributed by atoms with Crippen molar-refractivity contribution >= 4 is 39.1 Å². The topological polar surface area (TPSA) is 69.0 Å². The number of carbonyl (C=O) groups excluding carboxylic acids is 1. The number of para-hydroxylation sites is 2. The molecule has 1 N–H and O–H groups in total. The number of hydrogen-bond acceptors (Lipinski definition) is 4. The summed E-state index contributed by atoms with van der Waals surface area (Å²) in [6.45, 7) is 2.29. The van der Waals surface area contributed by atoms with Crippen LogP contribution in [-0.2, 0) is 0 Å². The first-order valence-corrected chi connectivity index (χ1v) is 8.66. The van der Waals surface area contributed by atoms with Crippen LogP contribution in [0.3, 0.4) is 0 Å². The molecule has 3 aromatic rings. The zero-order chi connectivity index (χ0) is 17.8. The Bertz CT molecular complexity index is 913. The molecule has 0 aliphatic carbocycles. The van der Waals surface area contributed by atoms with Crippen LogP contribution in [0.15, 0.2) is 53.3 Å². The number of halogens is 2. The Hall–Kier alpha value is -2.38. The summed E-state index contributed by atoms with van der Waals surface area (Å²) in [6.07, 6.45) is 3.47. The first kappa shape index (κ1) is 17.4. The molecule has 2 aromatic heterocycles. The molecule has 0 radical (unpaired) electrons. The van der Waals surface area contributed by atoms with E-state index in [2.05, 4.69) is 31.3 Å². The third-order valence-electron chi connectivity index (χ3n) is 3.28. The highest BCUT2D eigenvalue weighted by atomic mass is 79.9. The molecule has 0 saturated carbocycles. The Balaban J connectivity index is 1.91. The van der Waals surface area contributed by atoms with Crippen molar-refractivity contribution in [3.8, 4) is 11.6 Å². The molecule has 0 fully saturated rings. The van der Waals surface area contributed by atoms with Gasteiger partial charge in [-0.3, -0.25) is 4.79 Å². The van der Waals surface area contributed by atoms with E-state index >= 15 is 0 Å². The molecule has 0 atom stereocenters. The highest BCUT2D eigenvalue weighted by Crippen LogP contribution is 2.24. The Morgan fingerprint density at radius 2 is 2.12 bits per heavy atom. The van der Waals surface area contributed by atoms with E-state index in [1.807, 2.05) is 25.1 Å². The van der Waals surface area contributed by atoms with Crippen molar-refractivity contribution in [3.63, 3.8) is 0 Å². The zero-order valence-corrected chi connectivity index (χ0v) is 15.6. The number of nitrogens with one attached hydrogen (secondary N) is 1. The van der Waals surface area contributed by atoms with Gasteiger partial charge in [0.15, 0.2) is 5.69 Å². The summed E-state index contributed by atoms with van der Waals surface area (Å²) in [5.41, 5.74) is 1.41.